The lowest BCUT2D eigenvalue weighted by Crippen LogP contribution is -2.05. The van der Waals surface area contributed by atoms with Crippen LogP contribution >= 0.6 is 0 Å². The van der Waals surface area contributed by atoms with Crippen molar-refractivity contribution in [2.75, 3.05) is 0 Å². The molecule has 74 valence electrons. The molecule has 0 aliphatic rings. The molecule has 0 aliphatic carbocycles. The minimum Gasteiger partial charge on any atom is -0.294 e. The smallest absolute Gasteiger partial charge is 0.161 e. The number of aromatic nitrogens is 1. The molecule has 0 unspecified atom stereocenters. The summed E-state index contributed by atoms with van der Waals surface area (Å²) in [6.07, 6.45) is 2.22. The van der Waals surface area contributed by atoms with Gasteiger partial charge in [-0.25, -0.2) is 0 Å². The molecular formula is C11H13NO2. The molecule has 1 aromatic rings. The fourth-order valence-corrected chi connectivity index (χ4v) is 1.27. The van der Waals surface area contributed by atoms with Gasteiger partial charge in [-0.2, -0.15) is 0 Å². The fraction of sp³-hybridized carbons (Fsp3) is 0.364. The Bertz CT molecular complexity index is 383. The molecule has 0 amide bonds. The van der Waals surface area contributed by atoms with E-state index < -0.39 is 0 Å². The van der Waals surface area contributed by atoms with E-state index in [-0.39, 0.29) is 11.6 Å². The minimum absolute atomic E-state index is 0.0440. The van der Waals surface area contributed by atoms with Crippen LogP contribution in [-0.4, -0.2) is 16.6 Å². The van der Waals surface area contributed by atoms with E-state index in [1.54, 1.807) is 6.07 Å². The molecule has 14 heavy (non-hydrogen) atoms. The molecule has 0 N–H and O–H groups in total. The molecule has 0 aromatic carbocycles. The normalized spacial score (nSPS) is 9.93. The summed E-state index contributed by atoms with van der Waals surface area (Å²) < 4.78 is 0. The van der Waals surface area contributed by atoms with E-state index in [0.29, 0.717) is 17.5 Å². The van der Waals surface area contributed by atoms with Gasteiger partial charge in [0.15, 0.2) is 11.6 Å². The summed E-state index contributed by atoms with van der Waals surface area (Å²) in [6.45, 7) is 4.88. The number of pyridine rings is 1. The van der Waals surface area contributed by atoms with E-state index in [1.807, 2.05) is 6.92 Å². The lowest BCUT2D eigenvalue weighted by atomic mass is 10.0. The predicted molar refractivity (Wildman–Crippen MR) is 53.6 cm³/mol. The average molecular weight is 191 g/mol. The largest absolute Gasteiger partial charge is 0.294 e. The topological polar surface area (TPSA) is 47.0 Å². The number of carbonyl (C=O) groups excluding carboxylic acids is 2. The second-order valence-electron chi connectivity index (χ2n) is 3.18. The molecule has 0 aliphatic heterocycles. The molecule has 1 rings (SSSR count). The van der Waals surface area contributed by atoms with Gasteiger partial charge >= 0.3 is 0 Å². The van der Waals surface area contributed by atoms with Gasteiger partial charge in [0.25, 0.3) is 0 Å². The van der Waals surface area contributed by atoms with E-state index >= 15 is 0 Å². The van der Waals surface area contributed by atoms with Gasteiger partial charge < -0.3 is 0 Å². The third kappa shape index (κ3) is 2.05. The van der Waals surface area contributed by atoms with E-state index in [0.717, 1.165) is 5.69 Å². The Hall–Kier alpha value is -1.51. The first-order valence-corrected chi connectivity index (χ1v) is 4.57. The summed E-state index contributed by atoms with van der Waals surface area (Å²) in [5.41, 5.74) is 1.80. The van der Waals surface area contributed by atoms with Crippen LogP contribution in [0.4, 0.5) is 0 Å². The van der Waals surface area contributed by atoms with Gasteiger partial charge in [0, 0.05) is 17.3 Å². The number of nitrogens with zero attached hydrogens (tertiary/aromatic N) is 1. The number of carbonyl (C=O) groups is 2. The third-order valence-corrected chi connectivity index (χ3v) is 2.09. The molecule has 0 fully saturated rings. The van der Waals surface area contributed by atoms with Crippen LogP contribution in [0, 0.1) is 0 Å². The van der Waals surface area contributed by atoms with E-state index in [2.05, 4.69) is 4.98 Å². The van der Waals surface area contributed by atoms with Crippen molar-refractivity contribution >= 4 is 11.6 Å². The van der Waals surface area contributed by atoms with E-state index in [1.165, 1.54) is 20.0 Å². The first-order valence-electron chi connectivity index (χ1n) is 4.57. The number of aryl methyl sites for hydroxylation is 1. The molecule has 0 spiro atoms. The summed E-state index contributed by atoms with van der Waals surface area (Å²) in [5.74, 6) is -0.111. The summed E-state index contributed by atoms with van der Waals surface area (Å²) in [5, 5.41) is 0. The zero-order valence-electron chi connectivity index (χ0n) is 8.63. The SMILES string of the molecule is CCc1ncc(C(C)=O)cc1C(C)=O. The second kappa shape index (κ2) is 4.13. The summed E-state index contributed by atoms with van der Waals surface area (Å²) in [6, 6.07) is 1.62. The number of rotatable bonds is 3. The standard InChI is InChI=1S/C11H13NO2/c1-4-11-10(8(3)14)5-9(6-12-11)7(2)13/h5-6H,4H2,1-3H3. The lowest BCUT2D eigenvalue weighted by Gasteiger charge is -2.04. The molecule has 0 saturated carbocycles. The van der Waals surface area contributed by atoms with Crippen LogP contribution in [0.5, 0.6) is 0 Å². The summed E-state index contributed by atoms with van der Waals surface area (Å²) in [4.78, 5) is 26.4. The molecule has 3 nitrogen and oxygen atoms in total. The molecular weight excluding hydrogens is 178 g/mol. The molecule has 1 heterocycles. The van der Waals surface area contributed by atoms with Crippen LogP contribution in [-0.2, 0) is 6.42 Å². The van der Waals surface area contributed by atoms with Gasteiger partial charge in [0.05, 0.1) is 5.69 Å². The predicted octanol–water partition coefficient (Wildman–Crippen LogP) is 2.05. The maximum absolute atomic E-state index is 11.2. The van der Waals surface area contributed by atoms with Gasteiger partial charge in [0.2, 0.25) is 0 Å². The Morgan fingerprint density at radius 1 is 1.29 bits per heavy atom. The van der Waals surface area contributed by atoms with Crippen molar-refractivity contribution in [2.45, 2.75) is 27.2 Å². The molecule has 0 radical (unpaired) electrons. The van der Waals surface area contributed by atoms with Crippen molar-refractivity contribution in [3.63, 3.8) is 0 Å². The van der Waals surface area contributed by atoms with E-state index in [4.69, 9.17) is 0 Å². The molecule has 3 heteroatoms. The van der Waals surface area contributed by atoms with Crippen LogP contribution < -0.4 is 0 Å². The third-order valence-electron chi connectivity index (χ3n) is 2.09. The highest BCUT2D eigenvalue weighted by atomic mass is 16.1. The molecule has 1 aromatic heterocycles. The number of Topliss-reactive ketones (excluding diaryl/α,β-unsaturated/α-hetero) is 2. The van der Waals surface area contributed by atoms with Crippen molar-refractivity contribution in [2.24, 2.45) is 0 Å². The quantitative estimate of drug-likeness (QED) is 0.687. The Morgan fingerprint density at radius 2 is 1.93 bits per heavy atom. The second-order valence-corrected chi connectivity index (χ2v) is 3.18. The van der Waals surface area contributed by atoms with Gasteiger partial charge in [-0.15, -0.1) is 0 Å². The van der Waals surface area contributed by atoms with Crippen LogP contribution in [0.2, 0.25) is 0 Å². The first-order chi connectivity index (χ1) is 6.56. The highest BCUT2D eigenvalue weighted by Gasteiger charge is 2.10. The van der Waals surface area contributed by atoms with Gasteiger partial charge in [-0.3, -0.25) is 14.6 Å². The number of hydrogen-bond acceptors (Lipinski definition) is 3. The van der Waals surface area contributed by atoms with Crippen LogP contribution in [0.25, 0.3) is 0 Å². The molecule has 0 bridgehead atoms. The maximum Gasteiger partial charge on any atom is 0.161 e. The average Bonchev–Trinajstić information content (AvgIpc) is 2.16. The van der Waals surface area contributed by atoms with Crippen molar-refractivity contribution in [1.82, 2.24) is 4.98 Å². The van der Waals surface area contributed by atoms with E-state index in [9.17, 15) is 9.59 Å². The lowest BCUT2D eigenvalue weighted by molar-refractivity contribution is 0.101. The first kappa shape index (κ1) is 10.6. The zero-order valence-corrected chi connectivity index (χ0v) is 8.63. The van der Waals surface area contributed by atoms with Crippen LogP contribution in [0.1, 0.15) is 47.2 Å². The van der Waals surface area contributed by atoms with Crippen molar-refractivity contribution in [3.05, 3.63) is 29.1 Å². The Kier molecular flexibility index (Phi) is 3.12. The summed E-state index contributed by atoms with van der Waals surface area (Å²) >= 11 is 0. The van der Waals surface area contributed by atoms with Gasteiger partial charge in [-0.05, 0) is 26.3 Å². The van der Waals surface area contributed by atoms with Crippen molar-refractivity contribution < 1.29 is 9.59 Å². The van der Waals surface area contributed by atoms with Crippen LogP contribution in [0.15, 0.2) is 12.3 Å². The fourth-order valence-electron chi connectivity index (χ4n) is 1.27. The monoisotopic (exact) mass is 191 g/mol. The Labute approximate surface area is 83.2 Å². The van der Waals surface area contributed by atoms with Gasteiger partial charge in [-0.1, -0.05) is 6.92 Å². The zero-order chi connectivity index (χ0) is 10.7. The minimum atomic E-state index is -0.0670. The Balaban J connectivity index is 3.27. The summed E-state index contributed by atoms with van der Waals surface area (Å²) in [7, 11) is 0. The number of ketones is 2. The Morgan fingerprint density at radius 3 is 2.36 bits per heavy atom. The molecule has 0 atom stereocenters. The maximum atomic E-state index is 11.2. The van der Waals surface area contributed by atoms with Gasteiger partial charge in [0.1, 0.15) is 0 Å². The highest BCUT2D eigenvalue weighted by molar-refractivity contribution is 5.99. The van der Waals surface area contributed by atoms with Crippen molar-refractivity contribution in [3.8, 4) is 0 Å². The molecule has 0 saturated heterocycles. The highest BCUT2D eigenvalue weighted by Crippen LogP contribution is 2.11. The number of hydrogen-bond donors (Lipinski definition) is 0. The van der Waals surface area contributed by atoms with Crippen LogP contribution in [0.3, 0.4) is 0 Å². The van der Waals surface area contributed by atoms with Crippen molar-refractivity contribution in [1.29, 1.82) is 0 Å².